The van der Waals surface area contributed by atoms with E-state index in [2.05, 4.69) is 10.2 Å². The summed E-state index contributed by atoms with van der Waals surface area (Å²) in [5.41, 5.74) is 1.87. The highest BCUT2D eigenvalue weighted by atomic mass is 16.3. The summed E-state index contributed by atoms with van der Waals surface area (Å²) in [6.45, 7) is 0. The SMILES string of the molecule is O=Cc1nnc(-c2ccc(O)cc2)c2ccccc12. The van der Waals surface area contributed by atoms with Gasteiger partial charge in [0.2, 0.25) is 0 Å². The molecule has 0 unspecified atom stereocenters. The molecule has 0 fully saturated rings. The summed E-state index contributed by atoms with van der Waals surface area (Å²) < 4.78 is 0. The number of benzene rings is 2. The highest BCUT2D eigenvalue weighted by Gasteiger charge is 2.09. The molecule has 0 radical (unpaired) electrons. The van der Waals surface area contributed by atoms with Crippen LogP contribution in [0.1, 0.15) is 10.5 Å². The largest absolute Gasteiger partial charge is 0.508 e. The van der Waals surface area contributed by atoms with Crippen LogP contribution in [0.25, 0.3) is 22.0 Å². The number of phenols is 1. The molecular formula is C15H10N2O2. The Morgan fingerprint density at radius 2 is 1.58 bits per heavy atom. The number of nitrogens with zero attached hydrogens (tertiary/aromatic N) is 2. The average molecular weight is 250 g/mol. The van der Waals surface area contributed by atoms with Crippen molar-refractivity contribution in [2.45, 2.75) is 0 Å². The van der Waals surface area contributed by atoms with Gasteiger partial charge in [-0.3, -0.25) is 4.79 Å². The Kier molecular flexibility index (Phi) is 2.68. The Bertz CT molecular complexity index is 752. The van der Waals surface area contributed by atoms with E-state index in [1.807, 2.05) is 24.3 Å². The minimum absolute atomic E-state index is 0.200. The minimum atomic E-state index is 0.200. The van der Waals surface area contributed by atoms with Gasteiger partial charge in [0.25, 0.3) is 0 Å². The first-order valence-electron chi connectivity index (χ1n) is 5.79. The molecule has 0 aliphatic rings. The van der Waals surface area contributed by atoms with E-state index in [-0.39, 0.29) is 5.75 Å². The quantitative estimate of drug-likeness (QED) is 0.710. The highest BCUT2D eigenvalue weighted by Crippen LogP contribution is 2.27. The second kappa shape index (κ2) is 4.49. The lowest BCUT2D eigenvalue weighted by atomic mass is 10.0. The van der Waals surface area contributed by atoms with Gasteiger partial charge < -0.3 is 5.11 Å². The molecule has 0 amide bonds. The Hall–Kier alpha value is -2.75. The Morgan fingerprint density at radius 3 is 2.26 bits per heavy atom. The van der Waals surface area contributed by atoms with Gasteiger partial charge in [-0.05, 0) is 24.3 Å². The molecule has 0 spiro atoms. The first kappa shape index (κ1) is 11.3. The zero-order chi connectivity index (χ0) is 13.2. The van der Waals surface area contributed by atoms with E-state index in [1.165, 1.54) is 0 Å². The van der Waals surface area contributed by atoms with Gasteiger partial charge in [0.1, 0.15) is 17.1 Å². The smallest absolute Gasteiger partial charge is 0.170 e. The van der Waals surface area contributed by atoms with Crippen molar-refractivity contribution in [3.05, 3.63) is 54.2 Å². The number of hydrogen-bond donors (Lipinski definition) is 1. The maximum absolute atomic E-state index is 11.0. The molecule has 1 aromatic heterocycles. The third-order valence-electron chi connectivity index (χ3n) is 2.97. The molecule has 19 heavy (non-hydrogen) atoms. The van der Waals surface area contributed by atoms with Crippen molar-refractivity contribution >= 4 is 17.1 Å². The first-order valence-corrected chi connectivity index (χ1v) is 5.79. The molecule has 0 saturated carbocycles. The number of aromatic nitrogens is 2. The van der Waals surface area contributed by atoms with E-state index in [0.29, 0.717) is 17.7 Å². The fourth-order valence-corrected chi connectivity index (χ4v) is 2.04. The number of fused-ring (bicyclic) bond motifs is 1. The number of carbonyl (C=O) groups is 1. The summed E-state index contributed by atoms with van der Waals surface area (Å²) in [5.74, 6) is 0.200. The molecule has 3 rings (SSSR count). The van der Waals surface area contributed by atoms with Crippen LogP contribution in [0, 0.1) is 0 Å². The van der Waals surface area contributed by atoms with Crippen LogP contribution in [-0.2, 0) is 0 Å². The van der Waals surface area contributed by atoms with Gasteiger partial charge in [-0.2, -0.15) is 0 Å². The van der Waals surface area contributed by atoms with Crippen molar-refractivity contribution in [1.82, 2.24) is 10.2 Å². The van der Waals surface area contributed by atoms with Gasteiger partial charge in [-0.15, -0.1) is 10.2 Å². The number of hydrogen-bond acceptors (Lipinski definition) is 4. The second-order valence-electron chi connectivity index (χ2n) is 4.14. The number of carbonyl (C=O) groups excluding carboxylic acids is 1. The van der Waals surface area contributed by atoms with E-state index >= 15 is 0 Å². The Morgan fingerprint density at radius 1 is 0.895 bits per heavy atom. The van der Waals surface area contributed by atoms with E-state index in [0.717, 1.165) is 16.3 Å². The standard InChI is InChI=1S/C15H10N2O2/c18-9-14-12-3-1-2-4-13(12)15(17-16-14)10-5-7-11(19)8-6-10/h1-9,19H. The van der Waals surface area contributed by atoms with E-state index in [9.17, 15) is 9.90 Å². The molecule has 2 aromatic carbocycles. The van der Waals surface area contributed by atoms with Crippen LogP contribution < -0.4 is 0 Å². The highest BCUT2D eigenvalue weighted by molar-refractivity contribution is 6.01. The molecule has 3 aromatic rings. The summed E-state index contributed by atoms with van der Waals surface area (Å²) in [6, 6.07) is 14.2. The number of aldehydes is 1. The van der Waals surface area contributed by atoms with Crippen LogP contribution in [0.5, 0.6) is 5.75 Å². The van der Waals surface area contributed by atoms with Crippen molar-refractivity contribution in [3.63, 3.8) is 0 Å². The second-order valence-corrected chi connectivity index (χ2v) is 4.14. The average Bonchev–Trinajstić information content (AvgIpc) is 2.47. The van der Waals surface area contributed by atoms with Crippen LogP contribution in [0.3, 0.4) is 0 Å². The summed E-state index contributed by atoms with van der Waals surface area (Å²) in [5, 5.41) is 19.0. The van der Waals surface area contributed by atoms with Crippen LogP contribution in [0.15, 0.2) is 48.5 Å². The molecular weight excluding hydrogens is 240 g/mol. The van der Waals surface area contributed by atoms with E-state index < -0.39 is 0 Å². The van der Waals surface area contributed by atoms with Crippen LogP contribution >= 0.6 is 0 Å². The number of phenolic OH excluding ortho intramolecular Hbond substituents is 1. The maximum Gasteiger partial charge on any atom is 0.170 e. The Balaban J connectivity index is 2.30. The lowest BCUT2D eigenvalue weighted by Gasteiger charge is -2.06. The minimum Gasteiger partial charge on any atom is -0.508 e. The van der Waals surface area contributed by atoms with Gasteiger partial charge in [0.05, 0.1) is 0 Å². The van der Waals surface area contributed by atoms with Crippen molar-refractivity contribution in [3.8, 4) is 17.0 Å². The summed E-state index contributed by atoms with van der Waals surface area (Å²) >= 11 is 0. The molecule has 0 bridgehead atoms. The van der Waals surface area contributed by atoms with Crippen molar-refractivity contribution < 1.29 is 9.90 Å². The monoisotopic (exact) mass is 250 g/mol. The third kappa shape index (κ3) is 1.93. The van der Waals surface area contributed by atoms with Crippen molar-refractivity contribution in [1.29, 1.82) is 0 Å². The number of aromatic hydroxyl groups is 1. The molecule has 4 heteroatoms. The Labute approximate surface area is 109 Å². The summed E-state index contributed by atoms with van der Waals surface area (Å²) in [6.07, 6.45) is 0.704. The maximum atomic E-state index is 11.0. The molecule has 0 atom stereocenters. The fourth-order valence-electron chi connectivity index (χ4n) is 2.04. The van der Waals surface area contributed by atoms with Crippen LogP contribution in [0.4, 0.5) is 0 Å². The first-order chi connectivity index (χ1) is 9.29. The van der Waals surface area contributed by atoms with Gasteiger partial charge >= 0.3 is 0 Å². The molecule has 92 valence electrons. The number of rotatable bonds is 2. The predicted molar refractivity (Wildman–Crippen MR) is 72.0 cm³/mol. The van der Waals surface area contributed by atoms with Gasteiger partial charge in [0.15, 0.2) is 6.29 Å². The zero-order valence-electron chi connectivity index (χ0n) is 9.95. The summed E-state index contributed by atoms with van der Waals surface area (Å²) in [7, 11) is 0. The summed E-state index contributed by atoms with van der Waals surface area (Å²) in [4.78, 5) is 11.0. The zero-order valence-corrected chi connectivity index (χ0v) is 9.95. The third-order valence-corrected chi connectivity index (χ3v) is 2.97. The van der Waals surface area contributed by atoms with Gasteiger partial charge in [-0.25, -0.2) is 0 Å². The van der Waals surface area contributed by atoms with Crippen LogP contribution in [0.2, 0.25) is 0 Å². The molecule has 0 aliphatic carbocycles. The van der Waals surface area contributed by atoms with Gasteiger partial charge in [-0.1, -0.05) is 24.3 Å². The lowest BCUT2D eigenvalue weighted by molar-refractivity contribution is 0.112. The molecule has 1 N–H and O–H groups in total. The fraction of sp³-hybridized carbons (Fsp3) is 0. The molecule has 1 heterocycles. The van der Waals surface area contributed by atoms with E-state index in [4.69, 9.17) is 0 Å². The van der Waals surface area contributed by atoms with Crippen molar-refractivity contribution in [2.75, 3.05) is 0 Å². The molecule has 0 saturated heterocycles. The molecule has 0 aliphatic heterocycles. The molecule has 4 nitrogen and oxygen atoms in total. The normalized spacial score (nSPS) is 10.5. The predicted octanol–water partition coefficient (Wildman–Crippen LogP) is 2.81. The van der Waals surface area contributed by atoms with Crippen LogP contribution in [-0.4, -0.2) is 21.6 Å². The van der Waals surface area contributed by atoms with Gasteiger partial charge in [0, 0.05) is 16.3 Å². The van der Waals surface area contributed by atoms with Crippen molar-refractivity contribution in [2.24, 2.45) is 0 Å². The topological polar surface area (TPSA) is 63.1 Å². The lowest BCUT2D eigenvalue weighted by Crippen LogP contribution is -1.96. The van der Waals surface area contributed by atoms with E-state index in [1.54, 1.807) is 24.3 Å².